The van der Waals surface area contributed by atoms with E-state index in [1.54, 1.807) is 0 Å². The average Bonchev–Trinajstić information content (AvgIpc) is 2.67. The van der Waals surface area contributed by atoms with E-state index in [0.717, 1.165) is 12.8 Å². The van der Waals surface area contributed by atoms with Crippen molar-refractivity contribution < 1.29 is 23.1 Å². The van der Waals surface area contributed by atoms with Crippen molar-refractivity contribution in [1.82, 2.24) is 0 Å². The van der Waals surface area contributed by atoms with E-state index in [9.17, 15) is 0 Å². The Hall–Kier alpha value is -0.326. The molecule has 0 bridgehead atoms. The second kappa shape index (κ2) is 10.7. The summed E-state index contributed by atoms with van der Waals surface area (Å²) < 4.78 is 0. The third-order valence-electron chi connectivity index (χ3n) is 1.17. The maximum atomic E-state index is 2.99. The van der Waals surface area contributed by atoms with Gasteiger partial charge in [-0.05, 0) is 0 Å². The molecule has 2 rings (SSSR count). The van der Waals surface area contributed by atoms with Gasteiger partial charge in [0.15, 0.2) is 0 Å². The summed E-state index contributed by atoms with van der Waals surface area (Å²) in [5.41, 5.74) is 0. The molecule has 0 fully saturated rings. The van der Waals surface area contributed by atoms with E-state index in [4.69, 9.17) is 0 Å². The summed E-state index contributed by atoms with van der Waals surface area (Å²) in [6.07, 6.45) is 20.0. The van der Waals surface area contributed by atoms with Crippen LogP contribution in [0.1, 0.15) is 14.3 Å². The number of rotatable bonds is 0. The maximum Gasteiger partial charge on any atom is 3.00 e. The molecule has 0 unspecified atom stereocenters. The molecule has 0 aliphatic heterocycles. The standard InChI is InChI=1S/2C5H5.CH3.Ti.H/c2*1-2-4-5-3-1;;;/h2*1-3H,4H2;1H3;;/q3*-1;+3;-1. The Kier molecular flexibility index (Phi) is 12.6. The molecule has 0 saturated carbocycles. The maximum absolute atomic E-state index is 2.99. The first-order valence-electron chi connectivity index (χ1n) is 3.43. The molecule has 1 radical (unpaired) electrons. The molecule has 0 aromatic heterocycles. The Bertz CT molecular complexity index is 148. The van der Waals surface area contributed by atoms with Crippen LogP contribution in [0.25, 0.3) is 0 Å². The Morgan fingerprint density at radius 2 is 1.33 bits per heavy atom. The second-order valence-electron chi connectivity index (χ2n) is 2.01. The monoisotopic (exact) mass is 194 g/mol. The first-order chi connectivity index (χ1) is 5.00. The number of hydrogen-bond acceptors (Lipinski definition) is 0. The summed E-state index contributed by atoms with van der Waals surface area (Å²) in [4.78, 5) is 0. The SMILES string of the molecule is [C-]1=CC=CC1.[C-]1=CC=CC1.[CH3-].[H-].[Ti+3]. The van der Waals surface area contributed by atoms with Crippen LogP contribution in [-0.2, 0) is 21.7 Å². The molecule has 0 aromatic carbocycles. The van der Waals surface area contributed by atoms with E-state index in [1.807, 2.05) is 24.3 Å². The van der Waals surface area contributed by atoms with Gasteiger partial charge in [0, 0.05) is 0 Å². The van der Waals surface area contributed by atoms with Gasteiger partial charge in [-0.15, -0.1) is 12.8 Å². The van der Waals surface area contributed by atoms with Crippen molar-refractivity contribution in [1.29, 1.82) is 0 Å². The van der Waals surface area contributed by atoms with Crippen LogP contribution in [0.5, 0.6) is 0 Å². The Morgan fingerprint density at radius 3 is 1.42 bits per heavy atom. The smallest absolute Gasteiger partial charge is 1.00 e. The van der Waals surface area contributed by atoms with Gasteiger partial charge in [0.1, 0.15) is 0 Å². The summed E-state index contributed by atoms with van der Waals surface area (Å²) >= 11 is 0. The van der Waals surface area contributed by atoms with Crippen LogP contribution >= 0.6 is 0 Å². The zero-order chi connectivity index (χ0) is 7.07. The first-order valence-corrected chi connectivity index (χ1v) is 3.43. The van der Waals surface area contributed by atoms with Crippen LogP contribution in [0.15, 0.2) is 36.5 Å². The van der Waals surface area contributed by atoms with Crippen molar-refractivity contribution in [3.8, 4) is 0 Å². The molecular formula is C11H14Ti-. The van der Waals surface area contributed by atoms with Gasteiger partial charge in [0.05, 0.1) is 0 Å². The minimum Gasteiger partial charge on any atom is -1.00 e. The molecule has 12 heavy (non-hydrogen) atoms. The van der Waals surface area contributed by atoms with Crippen LogP contribution in [0, 0.1) is 19.6 Å². The minimum absolute atomic E-state index is 0. The molecule has 0 spiro atoms. The molecule has 2 aliphatic carbocycles. The second-order valence-corrected chi connectivity index (χ2v) is 2.01. The molecule has 0 heterocycles. The van der Waals surface area contributed by atoms with E-state index in [2.05, 4.69) is 24.3 Å². The molecule has 0 atom stereocenters. The molecular weight excluding hydrogens is 180 g/mol. The van der Waals surface area contributed by atoms with Gasteiger partial charge in [-0.25, -0.2) is 24.3 Å². The van der Waals surface area contributed by atoms with E-state index in [1.165, 1.54) is 0 Å². The quantitative estimate of drug-likeness (QED) is 0.410. The first kappa shape index (κ1) is 14.2. The van der Waals surface area contributed by atoms with Gasteiger partial charge in [-0.2, -0.15) is 12.2 Å². The van der Waals surface area contributed by atoms with Crippen LogP contribution in [0.3, 0.4) is 0 Å². The fourth-order valence-electron chi connectivity index (χ4n) is 0.680. The Labute approximate surface area is 92.1 Å². The van der Waals surface area contributed by atoms with Crippen LogP contribution < -0.4 is 0 Å². The molecule has 63 valence electrons. The third-order valence-corrected chi connectivity index (χ3v) is 1.17. The predicted octanol–water partition coefficient (Wildman–Crippen LogP) is 3.17. The van der Waals surface area contributed by atoms with E-state index >= 15 is 0 Å². The van der Waals surface area contributed by atoms with Crippen molar-refractivity contribution in [2.24, 2.45) is 0 Å². The zero-order valence-electron chi connectivity index (χ0n) is 8.38. The summed E-state index contributed by atoms with van der Waals surface area (Å²) in [6.45, 7) is 0. The van der Waals surface area contributed by atoms with E-state index < -0.39 is 0 Å². The number of hydrogen-bond donors (Lipinski definition) is 0. The van der Waals surface area contributed by atoms with Crippen LogP contribution in [-0.4, -0.2) is 0 Å². The normalized spacial score (nSPS) is 14.7. The summed E-state index contributed by atoms with van der Waals surface area (Å²) in [5.74, 6) is 0. The van der Waals surface area contributed by atoms with Crippen molar-refractivity contribution in [3.63, 3.8) is 0 Å². The van der Waals surface area contributed by atoms with Crippen LogP contribution in [0.4, 0.5) is 0 Å². The summed E-state index contributed by atoms with van der Waals surface area (Å²) in [7, 11) is 0. The van der Waals surface area contributed by atoms with E-state index in [-0.39, 0.29) is 30.6 Å². The fourth-order valence-corrected chi connectivity index (χ4v) is 0.680. The molecule has 0 N–H and O–H groups in total. The Morgan fingerprint density at radius 1 is 0.917 bits per heavy atom. The fraction of sp³-hybridized carbons (Fsp3) is 0.182. The van der Waals surface area contributed by atoms with Crippen molar-refractivity contribution in [3.05, 3.63) is 56.0 Å². The summed E-state index contributed by atoms with van der Waals surface area (Å²) in [6, 6.07) is 0. The van der Waals surface area contributed by atoms with Gasteiger partial charge in [0.25, 0.3) is 0 Å². The molecule has 0 saturated heterocycles. The van der Waals surface area contributed by atoms with Gasteiger partial charge >= 0.3 is 21.7 Å². The average molecular weight is 194 g/mol. The molecule has 2 aliphatic rings. The van der Waals surface area contributed by atoms with Gasteiger partial charge in [-0.1, -0.05) is 0 Å². The third kappa shape index (κ3) is 7.78. The minimum atomic E-state index is 0. The van der Waals surface area contributed by atoms with Gasteiger partial charge in [0.2, 0.25) is 0 Å². The number of allylic oxidation sites excluding steroid dienone is 8. The van der Waals surface area contributed by atoms with Crippen LogP contribution in [0.2, 0.25) is 0 Å². The van der Waals surface area contributed by atoms with Gasteiger partial charge in [-0.3, -0.25) is 12.2 Å². The Balaban J connectivity index is -0.000000125. The van der Waals surface area contributed by atoms with Gasteiger partial charge < -0.3 is 8.85 Å². The topological polar surface area (TPSA) is 0 Å². The molecule has 0 amide bonds. The molecule has 0 nitrogen and oxygen atoms in total. The predicted molar refractivity (Wildman–Crippen MR) is 50.7 cm³/mol. The van der Waals surface area contributed by atoms with E-state index in [0.29, 0.717) is 0 Å². The van der Waals surface area contributed by atoms with Crippen molar-refractivity contribution in [2.45, 2.75) is 12.8 Å². The largest absolute Gasteiger partial charge is 3.00 e. The zero-order valence-corrected chi connectivity index (χ0v) is 8.94. The van der Waals surface area contributed by atoms with Crippen molar-refractivity contribution in [2.75, 3.05) is 0 Å². The summed E-state index contributed by atoms with van der Waals surface area (Å²) in [5, 5.41) is 0. The molecule has 1 heteroatoms. The van der Waals surface area contributed by atoms with Crippen molar-refractivity contribution >= 4 is 0 Å². The molecule has 0 aromatic rings.